The molecule has 3 rings (SSSR count). The number of benzene rings is 1. The molecule has 6 nitrogen and oxygen atoms in total. The summed E-state index contributed by atoms with van der Waals surface area (Å²) in [5.74, 6) is 1.41. The summed E-state index contributed by atoms with van der Waals surface area (Å²) in [5.41, 5.74) is 7.36. The van der Waals surface area contributed by atoms with Crippen molar-refractivity contribution in [1.29, 1.82) is 0 Å². The van der Waals surface area contributed by atoms with Crippen LogP contribution in [0.1, 0.15) is 29.5 Å². The van der Waals surface area contributed by atoms with E-state index >= 15 is 0 Å². The molecule has 6 heteroatoms. The van der Waals surface area contributed by atoms with E-state index in [-0.39, 0.29) is 11.3 Å². The van der Waals surface area contributed by atoms with Crippen molar-refractivity contribution in [3.63, 3.8) is 0 Å². The molecule has 0 aliphatic carbocycles. The van der Waals surface area contributed by atoms with Crippen LogP contribution >= 0.6 is 0 Å². The number of carbonyl (C=O) groups is 1. The molecule has 0 bridgehead atoms. The topological polar surface area (TPSA) is 87.9 Å². The first-order chi connectivity index (χ1) is 10.5. The lowest BCUT2D eigenvalue weighted by Gasteiger charge is -2.22. The predicted molar refractivity (Wildman–Crippen MR) is 84.2 cm³/mol. The van der Waals surface area contributed by atoms with Crippen LogP contribution in [0.3, 0.4) is 0 Å². The second-order valence-electron chi connectivity index (χ2n) is 6.32. The third kappa shape index (κ3) is 2.74. The number of hydrogen-bond acceptors (Lipinski definition) is 4. The largest absolute Gasteiger partial charge is 0.338 e. The Kier molecular flexibility index (Phi) is 3.70. The number of carbonyl (C=O) groups excluding carboxylic acids is 1. The van der Waals surface area contributed by atoms with Crippen LogP contribution in [0.25, 0.3) is 11.4 Å². The average molecular weight is 299 g/mol. The van der Waals surface area contributed by atoms with Gasteiger partial charge in [0, 0.05) is 24.2 Å². The summed E-state index contributed by atoms with van der Waals surface area (Å²) in [6.07, 6.45) is 0.953. The molecule has 116 valence electrons. The van der Waals surface area contributed by atoms with E-state index in [0.717, 1.165) is 24.4 Å². The van der Waals surface area contributed by atoms with Gasteiger partial charge in [-0.25, -0.2) is 4.98 Å². The highest BCUT2D eigenvalue weighted by molar-refractivity contribution is 5.95. The number of nitrogens with zero attached hydrogens (tertiary/aromatic N) is 3. The Bertz CT molecular complexity index is 695. The summed E-state index contributed by atoms with van der Waals surface area (Å²) in [6, 6.07) is 7.46. The number of nitrogens with one attached hydrogen (secondary N) is 1. The number of likely N-dealkylation sites (tertiary alicyclic amines) is 1. The SMILES string of the molecule is Cc1nc(-c2cccc(C(=O)N3CCC(C)(CN)C3)c2)n[nH]1. The molecular formula is C16H21N5O. The van der Waals surface area contributed by atoms with E-state index in [2.05, 4.69) is 22.1 Å². The Morgan fingerprint density at radius 1 is 1.50 bits per heavy atom. The zero-order chi connectivity index (χ0) is 15.7. The highest BCUT2D eigenvalue weighted by Crippen LogP contribution is 2.29. The van der Waals surface area contributed by atoms with Crippen molar-refractivity contribution in [2.75, 3.05) is 19.6 Å². The highest BCUT2D eigenvalue weighted by Gasteiger charge is 2.35. The Hall–Kier alpha value is -2.21. The van der Waals surface area contributed by atoms with E-state index in [0.29, 0.717) is 24.5 Å². The number of aryl methyl sites for hydroxylation is 1. The van der Waals surface area contributed by atoms with E-state index in [4.69, 9.17) is 5.73 Å². The molecule has 1 saturated heterocycles. The van der Waals surface area contributed by atoms with Gasteiger partial charge in [0.2, 0.25) is 0 Å². The Morgan fingerprint density at radius 2 is 2.32 bits per heavy atom. The van der Waals surface area contributed by atoms with Gasteiger partial charge in [0.15, 0.2) is 5.82 Å². The second kappa shape index (κ2) is 5.53. The molecule has 22 heavy (non-hydrogen) atoms. The van der Waals surface area contributed by atoms with Crippen LogP contribution in [0.4, 0.5) is 0 Å². The van der Waals surface area contributed by atoms with Crippen LogP contribution in [0.5, 0.6) is 0 Å². The summed E-state index contributed by atoms with van der Waals surface area (Å²) in [5, 5.41) is 6.96. The molecule has 0 saturated carbocycles. The maximum Gasteiger partial charge on any atom is 0.253 e. The van der Waals surface area contributed by atoms with Gasteiger partial charge in [0.25, 0.3) is 5.91 Å². The molecule has 3 N–H and O–H groups in total. The molecule has 0 radical (unpaired) electrons. The molecule has 1 aliphatic heterocycles. The zero-order valence-electron chi connectivity index (χ0n) is 13.0. The summed E-state index contributed by atoms with van der Waals surface area (Å²) < 4.78 is 0. The molecule has 2 heterocycles. The van der Waals surface area contributed by atoms with E-state index < -0.39 is 0 Å². The van der Waals surface area contributed by atoms with Crippen LogP contribution in [0, 0.1) is 12.3 Å². The van der Waals surface area contributed by atoms with Crippen LogP contribution in [0.15, 0.2) is 24.3 Å². The van der Waals surface area contributed by atoms with Gasteiger partial charge in [0.05, 0.1) is 0 Å². The molecule has 1 unspecified atom stereocenters. The number of H-pyrrole nitrogens is 1. The quantitative estimate of drug-likeness (QED) is 0.901. The minimum absolute atomic E-state index is 0.0358. The van der Waals surface area contributed by atoms with Crippen molar-refractivity contribution in [2.24, 2.45) is 11.1 Å². The second-order valence-corrected chi connectivity index (χ2v) is 6.32. The molecule has 1 atom stereocenters. The van der Waals surface area contributed by atoms with Crippen molar-refractivity contribution in [3.8, 4) is 11.4 Å². The van der Waals surface area contributed by atoms with Gasteiger partial charge in [-0.2, -0.15) is 5.10 Å². The Balaban J connectivity index is 1.82. The number of aromatic amines is 1. The molecule has 1 aliphatic rings. The summed E-state index contributed by atoms with van der Waals surface area (Å²) >= 11 is 0. The first-order valence-electron chi connectivity index (χ1n) is 7.49. The Labute approximate surface area is 129 Å². The van der Waals surface area contributed by atoms with Crippen molar-refractivity contribution in [1.82, 2.24) is 20.1 Å². The van der Waals surface area contributed by atoms with Crippen LogP contribution in [-0.2, 0) is 0 Å². The summed E-state index contributed by atoms with van der Waals surface area (Å²) in [4.78, 5) is 18.9. The minimum Gasteiger partial charge on any atom is -0.338 e. The number of rotatable bonds is 3. The van der Waals surface area contributed by atoms with Gasteiger partial charge < -0.3 is 10.6 Å². The van der Waals surface area contributed by atoms with E-state index in [1.807, 2.05) is 36.1 Å². The minimum atomic E-state index is 0.0358. The smallest absolute Gasteiger partial charge is 0.253 e. The van der Waals surface area contributed by atoms with Crippen LogP contribution in [0.2, 0.25) is 0 Å². The van der Waals surface area contributed by atoms with Crippen molar-refractivity contribution < 1.29 is 4.79 Å². The maximum atomic E-state index is 12.7. The van der Waals surface area contributed by atoms with Crippen molar-refractivity contribution in [3.05, 3.63) is 35.7 Å². The van der Waals surface area contributed by atoms with Gasteiger partial charge in [-0.1, -0.05) is 19.1 Å². The van der Waals surface area contributed by atoms with E-state index in [1.165, 1.54) is 0 Å². The fraction of sp³-hybridized carbons (Fsp3) is 0.438. The molecule has 1 aromatic carbocycles. The van der Waals surface area contributed by atoms with Crippen LogP contribution in [-0.4, -0.2) is 45.6 Å². The van der Waals surface area contributed by atoms with Crippen molar-refractivity contribution >= 4 is 5.91 Å². The van der Waals surface area contributed by atoms with Crippen LogP contribution < -0.4 is 5.73 Å². The highest BCUT2D eigenvalue weighted by atomic mass is 16.2. The third-order valence-electron chi connectivity index (χ3n) is 4.30. The van der Waals surface area contributed by atoms with E-state index in [1.54, 1.807) is 0 Å². The number of hydrogen-bond donors (Lipinski definition) is 2. The van der Waals surface area contributed by atoms with Gasteiger partial charge in [-0.15, -0.1) is 0 Å². The van der Waals surface area contributed by atoms with Gasteiger partial charge >= 0.3 is 0 Å². The molecule has 1 aromatic heterocycles. The van der Waals surface area contributed by atoms with E-state index in [9.17, 15) is 4.79 Å². The standard InChI is InChI=1S/C16H21N5O/c1-11-18-14(20-19-11)12-4-3-5-13(8-12)15(22)21-7-6-16(2,9-17)10-21/h3-5,8H,6-7,9-10,17H2,1-2H3,(H,18,19,20). The summed E-state index contributed by atoms with van der Waals surface area (Å²) in [7, 11) is 0. The van der Waals surface area contributed by atoms with Gasteiger partial charge in [0.1, 0.15) is 5.82 Å². The third-order valence-corrected chi connectivity index (χ3v) is 4.30. The molecule has 1 fully saturated rings. The average Bonchev–Trinajstić information content (AvgIpc) is 3.14. The number of amides is 1. The van der Waals surface area contributed by atoms with Crippen molar-refractivity contribution in [2.45, 2.75) is 20.3 Å². The lowest BCUT2D eigenvalue weighted by atomic mass is 9.90. The molecular weight excluding hydrogens is 278 g/mol. The predicted octanol–water partition coefficient (Wildman–Crippen LogP) is 1.59. The fourth-order valence-corrected chi connectivity index (χ4v) is 2.81. The first-order valence-corrected chi connectivity index (χ1v) is 7.49. The monoisotopic (exact) mass is 299 g/mol. The zero-order valence-corrected chi connectivity index (χ0v) is 13.0. The molecule has 1 amide bonds. The molecule has 2 aromatic rings. The van der Waals surface area contributed by atoms with Gasteiger partial charge in [-0.05, 0) is 37.4 Å². The fourth-order valence-electron chi connectivity index (χ4n) is 2.81. The normalized spacial score (nSPS) is 21.3. The first kappa shape index (κ1) is 14.7. The summed E-state index contributed by atoms with van der Waals surface area (Å²) in [6.45, 7) is 6.06. The lowest BCUT2D eigenvalue weighted by molar-refractivity contribution is 0.0777. The number of nitrogens with two attached hydrogens (primary N) is 1. The van der Waals surface area contributed by atoms with Gasteiger partial charge in [-0.3, -0.25) is 9.89 Å². The Morgan fingerprint density at radius 3 is 2.95 bits per heavy atom. The maximum absolute atomic E-state index is 12.7. The molecule has 0 spiro atoms. The lowest BCUT2D eigenvalue weighted by Crippen LogP contribution is -2.34. The number of aromatic nitrogens is 3.